The Balaban J connectivity index is 1.02. The van der Waals surface area contributed by atoms with Crippen LogP contribution in [0.3, 0.4) is 0 Å². The number of aryl methyl sites for hydroxylation is 1. The first-order valence-corrected chi connectivity index (χ1v) is 16.0. The number of nitrogens with one attached hydrogen (secondary N) is 2. The van der Waals surface area contributed by atoms with Gasteiger partial charge in [-0.1, -0.05) is 0 Å². The number of fused-ring (bicyclic) bond motifs is 2. The molecule has 3 fully saturated rings. The van der Waals surface area contributed by atoms with E-state index in [4.69, 9.17) is 19.2 Å². The molecule has 2 atom stereocenters. The molecule has 1 aromatic heterocycles. The van der Waals surface area contributed by atoms with Crippen LogP contribution in [0, 0.1) is 18.8 Å². The molecule has 5 heterocycles. The number of ether oxygens (including phenoxy) is 3. The highest BCUT2D eigenvalue weighted by Gasteiger charge is 2.41. The van der Waals surface area contributed by atoms with Gasteiger partial charge in [-0.05, 0) is 78.3 Å². The quantitative estimate of drug-likeness (QED) is 0.353. The van der Waals surface area contributed by atoms with Gasteiger partial charge >= 0.3 is 0 Å². The second-order valence-corrected chi connectivity index (χ2v) is 13.1. The Morgan fingerprint density at radius 3 is 2.44 bits per heavy atom. The van der Waals surface area contributed by atoms with Crippen LogP contribution in [0.15, 0.2) is 41.0 Å². The van der Waals surface area contributed by atoms with Crippen LogP contribution in [-0.2, 0) is 0 Å². The molecule has 228 valence electrons. The Kier molecular flexibility index (Phi) is 7.96. The summed E-state index contributed by atoms with van der Waals surface area (Å²) >= 11 is 3.58. The van der Waals surface area contributed by atoms with Gasteiger partial charge in [0.05, 0.1) is 17.3 Å². The average Bonchev–Trinajstić information content (AvgIpc) is 3.57. The van der Waals surface area contributed by atoms with Gasteiger partial charge in [0, 0.05) is 75.0 Å². The monoisotopic (exact) mass is 649 g/mol. The van der Waals surface area contributed by atoms with Gasteiger partial charge in [-0.25, -0.2) is 4.98 Å². The first-order valence-electron chi connectivity index (χ1n) is 15.3. The molecule has 0 spiro atoms. The number of aromatic nitrogens is 2. The van der Waals surface area contributed by atoms with Crippen LogP contribution in [0.2, 0.25) is 0 Å². The lowest BCUT2D eigenvalue weighted by atomic mass is 10.0. The van der Waals surface area contributed by atoms with Crippen molar-refractivity contribution in [1.29, 1.82) is 0 Å². The van der Waals surface area contributed by atoms with Crippen LogP contribution in [0.25, 0.3) is 0 Å². The lowest BCUT2D eigenvalue weighted by Crippen LogP contribution is -2.45. The predicted molar refractivity (Wildman–Crippen MR) is 173 cm³/mol. The number of halogens is 1. The number of rotatable bonds is 7. The number of hydrogen-bond donors (Lipinski definition) is 2. The number of piperidine rings is 1. The Morgan fingerprint density at radius 2 is 1.70 bits per heavy atom. The molecule has 10 nitrogen and oxygen atoms in total. The van der Waals surface area contributed by atoms with Crippen molar-refractivity contribution < 1.29 is 14.2 Å². The third kappa shape index (κ3) is 5.94. The Labute approximate surface area is 261 Å². The van der Waals surface area contributed by atoms with Crippen LogP contribution in [-0.4, -0.2) is 92.4 Å². The number of hydrogen-bond acceptors (Lipinski definition) is 10. The van der Waals surface area contributed by atoms with Crippen molar-refractivity contribution in [3.63, 3.8) is 0 Å². The number of methoxy groups -OCH3 is 1. The minimum atomic E-state index is 0.469. The van der Waals surface area contributed by atoms with Gasteiger partial charge in [0.15, 0.2) is 11.5 Å². The maximum absolute atomic E-state index is 5.85. The Morgan fingerprint density at radius 1 is 0.953 bits per heavy atom. The van der Waals surface area contributed by atoms with Gasteiger partial charge in [0.1, 0.15) is 24.8 Å². The Hall–Kier alpha value is -3.28. The zero-order valence-corrected chi connectivity index (χ0v) is 26.7. The molecule has 4 aliphatic rings. The van der Waals surface area contributed by atoms with E-state index in [-0.39, 0.29) is 0 Å². The van der Waals surface area contributed by atoms with E-state index in [2.05, 4.69) is 72.4 Å². The minimum Gasteiger partial charge on any atom is -0.494 e. The number of benzene rings is 2. The van der Waals surface area contributed by atoms with E-state index in [9.17, 15) is 0 Å². The average molecular weight is 651 g/mol. The summed E-state index contributed by atoms with van der Waals surface area (Å²) in [4.78, 5) is 17.1. The molecule has 0 bridgehead atoms. The van der Waals surface area contributed by atoms with Gasteiger partial charge in [-0.3, -0.25) is 4.90 Å². The van der Waals surface area contributed by atoms with E-state index >= 15 is 0 Å². The van der Waals surface area contributed by atoms with Crippen molar-refractivity contribution in [2.45, 2.75) is 25.8 Å². The van der Waals surface area contributed by atoms with E-state index < -0.39 is 0 Å². The highest BCUT2D eigenvalue weighted by atomic mass is 79.9. The first-order chi connectivity index (χ1) is 20.9. The molecule has 3 aromatic rings. The van der Waals surface area contributed by atoms with Crippen molar-refractivity contribution >= 4 is 44.8 Å². The fraction of sp³-hybridized carbons (Fsp3) is 0.500. The molecule has 0 radical (unpaired) electrons. The molecule has 0 amide bonds. The molecule has 43 heavy (non-hydrogen) atoms. The summed E-state index contributed by atoms with van der Waals surface area (Å²) in [7, 11) is 3.98. The third-order valence-corrected chi connectivity index (χ3v) is 9.91. The van der Waals surface area contributed by atoms with Crippen molar-refractivity contribution in [1.82, 2.24) is 19.8 Å². The van der Waals surface area contributed by atoms with E-state index in [1.54, 1.807) is 13.3 Å². The van der Waals surface area contributed by atoms with Gasteiger partial charge in [-0.15, -0.1) is 0 Å². The maximum atomic E-state index is 5.85. The molecule has 7 rings (SSSR count). The second kappa shape index (κ2) is 12.0. The lowest BCUT2D eigenvalue weighted by Gasteiger charge is -2.39. The van der Waals surface area contributed by atoms with Crippen LogP contribution in [0.1, 0.15) is 18.4 Å². The largest absolute Gasteiger partial charge is 0.494 e. The fourth-order valence-corrected chi connectivity index (χ4v) is 7.50. The molecule has 2 aromatic carbocycles. The highest BCUT2D eigenvalue weighted by molar-refractivity contribution is 9.10. The summed E-state index contributed by atoms with van der Waals surface area (Å²) in [6.07, 6.45) is 4.16. The summed E-state index contributed by atoms with van der Waals surface area (Å²) in [5, 5.41) is 6.74. The molecule has 0 unspecified atom stereocenters. The van der Waals surface area contributed by atoms with Crippen molar-refractivity contribution in [3.05, 3.63) is 46.6 Å². The van der Waals surface area contributed by atoms with E-state index in [1.807, 2.05) is 18.2 Å². The number of anilines is 5. The smallest absolute Gasteiger partial charge is 0.229 e. The van der Waals surface area contributed by atoms with Crippen LogP contribution >= 0.6 is 15.9 Å². The predicted octanol–water partition coefficient (Wildman–Crippen LogP) is 5.28. The van der Waals surface area contributed by atoms with E-state index in [0.717, 1.165) is 58.0 Å². The van der Waals surface area contributed by atoms with Crippen LogP contribution in [0.4, 0.5) is 28.8 Å². The van der Waals surface area contributed by atoms with E-state index in [1.165, 1.54) is 50.3 Å². The molecule has 3 saturated heterocycles. The van der Waals surface area contributed by atoms with E-state index in [0.29, 0.717) is 31.0 Å². The van der Waals surface area contributed by atoms with Crippen LogP contribution < -0.4 is 29.7 Å². The summed E-state index contributed by atoms with van der Waals surface area (Å²) in [5.41, 5.74) is 4.11. The zero-order chi connectivity index (χ0) is 29.5. The molecule has 4 aliphatic heterocycles. The SMILES string of the molecule is COc1cc(N2CCC(N3C[C@H]4CN(C)C[C@H]4C3)CC2)c(C)cc1Nc1ncc(Br)c(Nc2ccc3c(c2)OCCO3)n1. The third-order valence-electron chi connectivity index (χ3n) is 9.33. The summed E-state index contributed by atoms with van der Waals surface area (Å²) in [6, 6.07) is 10.8. The Bertz CT molecular complexity index is 1470. The lowest BCUT2D eigenvalue weighted by molar-refractivity contribution is 0.171. The summed E-state index contributed by atoms with van der Waals surface area (Å²) in [5.74, 6) is 5.07. The van der Waals surface area contributed by atoms with Gasteiger partial charge in [-0.2, -0.15) is 4.98 Å². The molecule has 0 aliphatic carbocycles. The van der Waals surface area contributed by atoms with Gasteiger partial charge in [0.2, 0.25) is 5.95 Å². The van der Waals surface area contributed by atoms with Crippen molar-refractivity contribution in [3.8, 4) is 17.2 Å². The van der Waals surface area contributed by atoms with Crippen LogP contribution in [0.5, 0.6) is 17.2 Å². The maximum Gasteiger partial charge on any atom is 0.229 e. The first kappa shape index (κ1) is 28.5. The molecule has 2 N–H and O–H groups in total. The molecule has 0 saturated carbocycles. The summed E-state index contributed by atoms with van der Waals surface area (Å²) < 4.78 is 18.0. The van der Waals surface area contributed by atoms with Gasteiger partial charge in [0.25, 0.3) is 0 Å². The molecular weight excluding hydrogens is 610 g/mol. The fourth-order valence-electron chi connectivity index (χ4n) is 7.21. The highest BCUT2D eigenvalue weighted by Crippen LogP contribution is 2.39. The minimum absolute atomic E-state index is 0.469. The van der Waals surface area contributed by atoms with Crippen molar-refractivity contribution in [2.75, 3.05) is 82.2 Å². The number of likely N-dealkylation sites (tertiary alicyclic amines) is 2. The van der Waals surface area contributed by atoms with Gasteiger partial charge < -0.3 is 34.6 Å². The topological polar surface area (TPSA) is 87.3 Å². The van der Waals surface area contributed by atoms with Crippen molar-refractivity contribution in [2.24, 2.45) is 11.8 Å². The molecular formula is C32H40BrN7O3. The normalized spacial score (nSPS) is 22.5. The number of nitrogens with zero attached hydrogens (tertiary/aromatic N) is 5. The molecule has 11 heteroatoms. The standard InChI is InChI=1S/C32H40BrN7O3/c1-20-12-26(36-32-34-15-25(33)31(37-32)35-23-4-5-28-30(13-23)43-11-10-42-28)29(41-3)14-27(20)39-8-6-24(7-9-39)40-18-21-16-38(2)17-22(21)19-40/h4-5,12-15,21-22,24H,6-11,16-19H2,1-3H3,(H2,34,35,36,37)/t21-,22+. The second-order valence-electron chi connectivity index (χ2n) is 12.3. The summed E-state index contributed by atoms with van der Waals surface area (Å²) in [6.45, 7) is 10.5. The zero-order valence-electron chi connectivity index (χ0n) is 25.1.